The highest BCUT2D eigenvalue weighted by Crippen LogP contribution is 2.17. The number of hydrogen-bond donors (Lipinski definition) is 0. The summed E-state index contributed by atoms with van der Waals surface area (Å²) in [5, 5.41) is 0.584. The molecular weight excluding hydrogens is 352 g/mol. The van der Waals surface area contributed by atoms with E-state index in [2.05, 4.69) is 4.74 Å². The average Bonchev–Trinajstić information content (AvgIpc) is 2.56. The Labute approximate surface area is 149 Å². The molecule has 25 heavy (non-hydrogen) atoms. The number of amides is 1. The van der Waals surface area contributed by atoms with E-state index in [1.165, 1.54) is 12.1 Å². The minimum atomic E-state index is -2.86. The molecule has 2 rings (SSSR count). The number of benzene rings is 2. The van der Waals surface area contributed by atoms with Gasteiger partial charge in [0, 0.05) is 12.1 Å². The second-order valence-electron chi connectivity index (χ2n) is 5.32. The van der Waals surface area contributed by atoms with Gasteiger partial charge in [0.2, 0.25) is 5.91 Å². The van der Waals surface area contributed by atoms with Gasteiger partial charge in [-0.05, 0) is 35.9 Å². The van der Waals surface area contributed by atoms with Crippen molar-refractivity contribution in [1.82, 2.24) is 4.90 Å². The van der Waals surface area contributed by atoms with Crippen molar-refractivity contribution < 1.29 is 23.0 Å². The Balaban J connectivity index is 1.77. The molecule has 0 N–H and O–H groups in total. The maximum absolute atomic E-state index is 12.2. The minimum absolute atomic E-state index is 0.0643. The molecule has 4 nitrogen and oxygen atoms in total. The molecule has 0 unspecified atom stereocenters. The van der Waals surface area contributed by atoms with Crippen molar-refractivity contribution >= 4 is 17.5 Å². The predicted molar refractivity (Wildman–Crippen MR) is 91.4 cm³/mol. The lowest BCUT2D eigenvalue weighted by Crippen LogP contribution is -2.32. The van der Waals surface area contributed by atoms with Crippen LogP contribution in [0, 0.1) is 0 Å². The molecular formula is C18H18ClF2NO3. The van der Waals surface area contributed by atoms with E-state index in [0.717, 1.165) is 0 Å². The van der Waals surface area contributed by atoms with Crippen molar-refractivity contribution in [3.63, 3.8) is 0 Å². The molecule has 0 saturated carbocycles. The van der Waals surface area contributed by atoms with Gasteiger partial charge in [0.25, 0.3) is 0 Å². The first-order valence-electron chi connectivity index (χ1n) is 7.60. The molecule has 0 aliphatic rings. The number of rotatable bonds is 8. The fraction of sp³-hybridized carbons (Fsp3) is 0.278. The van der Waals surface area contributed by atoms with E-state index in [4.69, 9.17) is 16.3 Å². The Morgan fingerprint density at radius 3 is 2.52 bits per heavy atom. The first-order chi connectivity index (χ1) is 11.9. The third-order valence-corrected chi connectivity index (χ3v) is 3.66. The monoisotopic (exact) mass is 369 g/mol. The highest BCUT2D eigenvalue weighted by molar-refractivity contribution is 6.30. The summed E-state index contributed by atoms with van der Waals surface area (Å²) in [5.74, 6) is 0.606. The Morgan fingerprint density at radius 1 is 1.16 bits per heavy atom. The van der Waals surface area contributed by atoms with E-state index < -0.39 is 6.61 Å². The van der Waals surface area contributed by atoms with E-state index in [1.54, 1.807) is 48.3 Å². The van der Waals surface area contributed by atoms with E-state index in [-0.39, 0.29) is 18.1 Å². The molecule has 0 heterocycles. The summed E-state index contributed by atoms with van der Waals surface area (Å²) < 4.78 is 34.0. The van der Waals surface area contributed by atoms with Crippen LogP contribution >= 0.6 is 11.6 Å². The Bertz CT molecular complexity index is 695. The molecule has 0 radical (unpaired) electrons. The number of halogens is 3. The van der Waals surface area contributed by atoms with Gasteiger partial charge in [0.1, 0.15) is 18.1 Å². The average molecular weight is 370 g/mol. The molecule has 2 aromatic rings. The number of likely N-dealkylation sites (N-methyl/N-ethyl adjacent to an activating group) is 1. The molecule has 0 saturated heterocycles. The number of alkyl halides is 2. The Hall–Kier alpha value is -2.34. The number of carbonyl (C=O) groups excluding carboxylic acids is 1. The van der Waals surface area contributed by atoms with Gasteiger partial charge in [-0.15, -0.1) is 0 Å². The second kappa shape index (κ2) is 9.22. The van der Waals surface area contributed by atoms with Crippen LogP contribution in [0.4, 0.5) is 8.78 Å². The van der Waals surface area contributed by atoms with Crippen LogP contribution in [0.25, 0.3) is 0 Å². The zero-order valence-electron chi connectivity index (χ0n) is 13.6. The van der Waals surface area contributed by atoms with Gasteiger partial charge >= 0.3 is 6.61 Å². The van der Waals surface area contributed by atoms with Crippen molar-refractivity contribution in [2.24, 2.45) is 0 Å². The lowest BCUT2D eigenvalue weighted by Gasteiger charge is -2.17. The Morgan fingerprint density at radius 2 is 1.88 bits per heavy atom. The molecule has 0 spiro atoms. The van der Waals surface area contributed by atoms with Crippen molar-refractivity contribution in [2.45, 2.75) is 13.0 Å². The lowest BCUT2D eigenvalue weighted by molar-refractivity contribution is -0.129. The van der Waals surface area contributed by atoms with Gasteiger partial charge in [-0.1, -0.05) is 29.8 Å². The lowest BCUT2D eigenvalue weighted by atomic mass is 10.1. The van der Waals surface area contributed by atoms with Crippen molar-refractivity contribution in [3.05, 3.63) is 59.1 Å². The SMILES string of the molecule is CN(CCOc1cccc(Cl)c1)C(=O)Cc1ccc(OC(F)F)cc1. The standard InChI is InChI=1S/C18H18ClF2NO3/c1-22(9-10-24-16-4-2-3-14(19)12-16)17(23)11-13-5-7-15(8-6-13)25-18(20)21/h2-8,12,18H,9-11H2,1H3. The van der Waals surface area contributed by atoms with E-state index in [0.29, 0.717) is 29.5 Å². The molecule has 0 aromatic heterocycles. The summed E-state index contributed by atoms with van der Waals surface area (Å²) in [7, 11) is 1.68. The first kappa shape index (κ1) is 19.0. The number of hydrogen-bond acceptors (Lipinski definition) is 3. The summed E-state index contributed by atoms with van der Waals surface area (Å²) in [6, 6.07) is 13.0. The largest absolute Gasteiger partial charge is 0.492 e. The minimum Gasteiger partial charge on any atom is -0.492 e. The highest BCUT2D eigenvalue weighted by atomic mass is 35.5. The normalized spacial score (nSPS) is 10.6. The smallest absolute Gasteiger partial charge is 0.387 e. The Kier molecular flexibility index (Phi) is 7.01. The van der Waals surface area contributed by atoms with Gasteiger partial charge in [-0.3, -0.25) is 4.79 Å². The molecule has 0 fully saturated rings. The van der Waals surface area contributed by atoms with Crippen LogP contribution in [0.3, 0.4) is 0 Å². The molecule has 0 aliphatic heterocycles. The van der Waals surface area contributed by atoms with E-state index in [1.807, 2.05) is 0 Å². The topological polar surface area (TPSA) is 38.8 Å². The van der Waals surface area contributed by atoms with Crippen molar-refractivity contribution in [2.75, 3.05) is 20.2 Å². The summed E-state index contributed by atoms with van der Waals surface area (Å²) in [6.45, 7) is -2.11. The fourth-order valence-corrected chi connectivity index (χ4v) is 2.26. The van der Waals surface area contributed by atoms with Crippen molar-refractivity contribution in [3.8, 4) is 11.5 Å². The van der Waals surface area contributed by atoms with Crippen LogP contribution in [0.5, 0.6) is 11.5 Å². The highest BCUT2D eigenvalue weighted by Gasteiger charge is 2.11. The summed E-state index contributed by atoms with van der Waals surface area (Å²) in [6.07, 6.45) is 0.169. The number of nitrogens with zero attached hydrogens (tertiary/aromatic N) is 1. The zero-order valence-corrected chi connectivity index (χ0v) is 14.4. The van der Waals surface area contributed by atoms with Gasteiger partial charge in [0.05, 0.1) is 13.0 Å². The number of ether oxygens (including phenoxy) is 2. The van der Waals surface area contributed by atoms with Gasteiger partial charge in [0.15, 0.2) is 0 Å². The molecule has 7 heteroatoms. The molecule has 1 amide bonds. The summed E-state index contributed by atoms with van der Waals surface area (Å²) in [4.78, 5) is 13.7. The van der Waals surface area contributed by atoms with Crippen LogP contribution in [-0.4, -0.2) is 37.6 Å². The van der Waals surface area contributed by atoms with Crippen molar-refractivity contribution in [1.29, 1.82) is 0 Å². The van der Waals surface area contributed by atoms with E-state index in [9.17, 15) is 13.6 Å². The van der Waals surface area contributed by atoms with Crippen LogP contribution in [0.2, 0.25) is 5.02 Å². The van der Waals surface area contributed by atoms with Crippen LogP contribution in [0.1, 0.15) is 5.56 Å². The fourth-order valence-electron chi connectivity index (χ4n) is 2.08. The maximum atomic E-state index is 12.2. The molecule has 134 valence electrons. The van der Waals surface area contributed by atoms with Crippen LogP contribution in [0.15, 0.2) is 48.5 Å². The maximum Gasteiger partial charge on any atom is 0.387 e. The molecule has 0 atom stereocenters. The molecule has 0 aliphatic carbocycles. The van der Waals surface area contributed by atoms with Gasteiger partial charge < -0.3 is 14.4 Å². The quantitative estimate of drug-likeness (QED) is 0.705. The molecule has 2 aromatic carbocycles. The number of carbonyl (C=O) groups is 1. The third-order valence-electron chi connectivity index (χ3n) is 3.42. The molecule has 0 bridgehead atoms. The van der Waals surface area contributed by atoms with Crippen LogP contribution in [-0.2, 0) is 11.2 Å². The summed E-state index contributed by atoms with van der Waals surface area (Å²) >= 11 is 5.87. The van der Waals surface area contributed by atoms with E-state index >= 15 is 0 Å². The first-order valence-corrected chi connectivity index (χ1v) is 7.98. The third kappa shape index (κ3) is 6.58. The van der Waals surface area contributed by atoms with Gasteiger partial charge in [-0.25, -0.2) is 0 Å². The van der Waals surface area contributed by atoms with Gasteiger partial charge in [-0.2, -0.15) is 8.78 Å². The predicted octanol–water partition coefficient (Wildman–Crippen LogP) is 4.02. The zero-order chi connectivity index (χ0) is 18.2. The second-order valence-corrected chi connectivity index (χ2v) is 5.76. The van der Waals surface area contributed by atoms with Crippen LogP contribution < -0.4 is 9.47 Å². The summed E-state index contributed by atoms with van der Waals surface area (Å²) in [5.41, 5.74) is 0.717.